The smallest absolute Gasteiger partial charge is 0.0672 e. The van der Waals surface area contributed by atoms with E-state index in [-0.39, 0.29) is 6.04 Å². The van der Waals surface area contributed by atoms with Gasteiger partial charge in [0, 0.05) is 6.20 Å². The molecule has 2 aromatic rings. The van der Waals surface area contributed by atoms with E-state index in [2.05, 4.69) is 54.6 Å². The van der Waals surface area contributed by atoms with Crippen molar-refractivity contribution in [1.29, 1.82) is 0 Å². The number of hydrogen-bond donors (Lipinski definition) is 2. The van der Waals surface area contributed by atoms with Gasteiger partial charge in [0.2, 0.25) is 0 Å². The minimum atomic E-state index is 0.0479. The van der Waals surface area contributed by atoms with Crippen LogP contribution < -0.4 is 11.3 Å². The molecule has 0 amide bonds. The van der Waals surface area contributed by atoms with Gasteiger partial charge < -0.3 is 0 Å². The highest BCUT2D eigenvalue weighted by atomic mass is 15.2. The summed E-state index contributed by atoms with van der Waals surface area (Å²) >= 11 is 0. The zero-order chi connectivity index (χ0) is 13.0. The third-order valence-electron chi connectivity index (χ3n) is 3.02. The molecule has 0 aliphatic carbocycles. The van der Waals surface area contributed by atoms with Crippen molar-refractivity contribution in [2.24, 2.45) is 5.84 Å². The molecule has 3 nitrogen and oxygen atoms in total. The van der Waals surface area contributed by atoms with Crippen molar-refractivity contribution in [2.75, 3.05) is 0 Å². The van der Waals surface area contributed by atoms with Gasteiger partial charge in [-0.15, -0.1) is 0 Å². The standard InChI is InChI=1S/C15H19N3/c1-11-4-3-5-13(8-11)10-15(18-16)14-9-12(2)6-7-17-14/h3-9,15,18H,10,16H2,1-2H3. The Balaban J connectivity index is 2.19. The molecule has 3 heteroatoms. The molecule has 1 unspecified atom stereocenters. The summed E-state index contributed by atoms with van der Waals surface area (Å²) in [5, 5.41) is 0. The summed E-state index contributed by atoms with van der Waals surface area (Å²) in [4.78, 5) is 4.39. The van der Waals surface area contributed by atoms with Gasteiger partial charge >= 0.3 is 0 Å². The molecule has 0 fully saturated rings. The maximum atomic E-state index is 5.65. The number of nitrogens with one attached hydrogen (secondary N) is 1. The zero-order valence-electron chi connectivity index (χ0n) is 10.9. The Kier molecular flexibility index (Phi) is 4.07. The van der Waals surface area contributed by atoms with Gasteiger partial charge in [-0.3, -0.25) is 16.3 Å². The van der Waals surface area contributed by atoms with Crippen LogP contribution in [0.25, 0.3) is 0 Å². The fourth-order valence-corrected chi connectivity index (χ4v) is 2.07. The second-order valence-corrected chi connectivity index (χ2v) is 4.67. The Hall–Kier alpha value is -1.71. The number of aromatic nitrogens is 1. The van der Waals surface area contributed by atoms with Crippen molar-refractivity contribution < 1.29 is 0 Å². The van der Waals surface area contributed by atoms with Crippen LogP contribution in [-0.4, -0.2) is 4.98 Å². The lowest BCUT2D eigenvalue weighted by Gasteiger charge is -2.16. The van der Waals surface area contributed by atoms with E-state index in [0.717, 1.165) is 12.1 Å². The highest BCUT2D eigenvalue weighted by molar-refractivity contribution is 5.25. The number of pyridine rings is 1. The highest BCUT2D eigenvalue weighted by Crippen LogP contribution is 2.17. The molecule has 1 atom stereocenters. The van der Waals surface area contributed by atoms with Gasteiger partial charge in [-0.25, -0.2) is 0 Å². The maximum Gasteiger partial charge on any atom is 0.0672 e. The van der Waals surface area contributed by atoms with Gasteiger partial charge in [-0.2, -0.15) is 0 Å². The molecule has 3 N–H and O–H groups in total. The highest BCUT2D eigenvalue weighted by Gasteiger charge is 2.12. The third-order valence-corrected chi connectivity index (χ3v) is 3.02. The number of aryl methyl sites for hydroxylation is 2. The number of hydrogen-bond acceptors (Lipinski definition) is 3. The first kappa shape index (κ1) is 12.7. The topological polar surface area (TPSA) is 50.9 Å². The van der Waals surface area contributed by atoms with Crippen LogP contribution in [0.5, 0.6) is 0 Å². The number of hydrazine groups is 1. The predicted molar refractivity (Wildman–Crippen MR) is 73.9 cm³/mol. The quantitative estimate of drug-likeness (QED) is 0.638. The Morgan fingerprint density at radius 2 is 1.94 bits per heavy atom. The van der Waals surface area contributed by atoms with Gasteiger partial charge in [0.25, 0.3) is 0 Å². The van der Waals surface area contributed by atoms with Crippen LogP contribution >= 0.6 is 0 Å². The lowest BCUT2D eigenvalue weighted by atomic mass is 10.0. The van der Waals surface area contributed by atoms with E-state index < -0.39 is 0 Å². The Bertz CT molecular complexity index is 523. The van der Waals surface area contributed by atoms with Crippen molar-refractivity contribution in [3.8, 4) is 0 Å². The molecule has 0 bridgehead atoms. The van der Waals surface area contributed by atoms with Crippen molar-refractivity contribution in [2.45, 2.75) is 26.3 Å². The van der Waals surface area contributed by atoms with E-state index in [1.807, 2.05) is 12.3 Å². The minimum Gasteiger partial charge on any atom is -0.271 e. The maximum absolute atomic E-state index is 5.65. The molecule has 0 spiro atoms. The molecule has 0 saturated carbocycles. The fourth-order valence-electron chi connectivity index (χ4n) is 2.07. The lowest BCUT2D eigenvalue weighted by molar-refractivity contribution is 0.538. The van der Waals surface area contributed by atoms with E-state index in [9.17, 15) is 0 Å². The summed E-state index contributed by atoms with van der Waals surface area (Å²) in [6.07, 6.45) is 2.67. The van der Waals surface area contributed by atoms with E-state index in [1.165, 1.54) is 16.7 Å². The Morgan fingerprint density at radius 3 is 2.61 bits per heavy atom. The van der Waals surface area contributed by atoms with Gasteiger partial charge in [0.05, 0.1) is 11.7 Å². The first-order chi connectivity index (χ1) is 8.69. The normalized spacial score (nSPS) is 12.4. The molecule has 0 aliphatic heterocycles. The molecular weight excluding hydrogens is 222 g/mol. The molecule has 94 valence electrons. The monoisotopic (exact) mass is 241 g/mol. The zero-order valence-corrected chi connectivity index (χ0v) is 10.9. The van der Waals surface area contributed by atoms with Gasteiger partial charge in [-0.1, -0.05) is 29.8 Å². The average Bonchev–Trinajstić information content (AvgIpc) is 2.36. The summed E-state index contributed by atoms with van der Waals surface area (Å²) in [7, 11) is 0. The first-order valence-corrected chi connectivity index (χ1v) is 6.13. The Morgan fingerprint density at radius 1 is 1.17 bits per heavy atom. The molecule has 2 rings (SSSR count). The second-order valence-electron chi connectivity index (χ2n) is 4.67. The summed E-state index contributed by atoms with van der Waals surface area (Å²) in [6, 6.07) is 12.6. The SMILES string of the molecule is Cc1cccc(CC(NN)c2cc(C)ccn2)c1. The summed E-state index contributed by atoms with van der Waals surface area (Å²) in [5.41, 5.74) is 7.56. The fraction of sp³-hybridized carbons (Fsp3) is 0.267. The molecule has 1 aromatic heterocycles. The van der Waals surface area contributed by atoms with Crippen molar-refractivity contribution in [1.82, 2.24) is 10.4 Å². The van der Waals surface area contributed by atoms with Crippen LogP contribution in [0.15, 0.2) is 42.6 Å². The van der Waals surface area contributed by atoms with Crippen LogP contribution in [0.3, 0.4) is 0 Å². The second kappa shape index (κ2) is 5.76. The van der Waals surface area contributed by atoms with E-state index >= 15 is 0 Å². The lowest BCUT2D eigenvalue weighted by Crippen LogP contribution is -2.30. The van der Waals surface area contributed by atoms with E-state index in [1.54, 1.807) is 0 Å². The van der Waals surface area contributed by atoms with Crippen molar-refractivity contribution in [3.63, 3.8) is 0 Å². The van der Waals surface area contributed by atoms with Crippen molar-refractivity contribution in [3.05, 3.63) is 65.0 Å². The van der Waals surface area contributed by atoms with Crippen LogP contribution in [0.4, 0.5) is 0 Å². The van der Waals surface area contributed by atoms with E-state index in [0.29, 0.717) is 0 Å². The van der Waals surface area contributed by atoms with Gasteiger partial charge in [0.1, 0.15) is 0 Å². The average molecular weight is 241 g/mol. The summed E-state index contributed by atoms with van der Waals surface area (Å²) in [5.74, 6) is 5.65. The van der Waals surface area contributed by atoms with Crippen LogP contribution in [0, 0.1) is 13.8 Å². The van der Waals surface area contributed by atoms with Crippen LogP contribution in [0.1, 0.15) is 28.4 Å². The van der Waals surface area contributed by atoms with Gasteiger partial charge in [-0.05, 0) is 43.5 Å². The molecule has 1 aromatic carbocycles. The van der Waals surface area contributed by atoms with Gasteiger partial charge in [0.15, 0.2) is 0 Å². The van der Waals surface area contributed by atoms with Crippen LogP contribution in [0.2, 0.25) is 0 Å². The third kappa shape index (κ3) is 3.15. The Labute approximate surface area is 108 Å². The first-order valence-electron chi connectivity index (χ1n) is 6.13. The number of benzene rings is 1. The largest absolute Gasteiger partial charge is 0.271 e. The number of nitrogens with two attached hydrogens (primary N) is 1. The molecule has 0 radical (unpaired) electrons. The van der Waals surface area contributed by atoms with Crippen molar-refractivity contribution >= 4 is 0 Å². The molecule has 0 saturated heterocycles. The predicted octanol–water partition coefficient (Wildman–Crippen LogP) is 2.45. The molecular formula is C15H19N3. The number of nitrogens with zero attached hydrogens (tertiary/aromatic N) is 1. The summed E-state index contributed by atoms with van der Waals surface area (Å²) in [6.45, 7) is 4.16. The molecule has 18 heavy (non-hydrogen) atoms. The summed E-state index contributed by atoms with van der Waals surface area (Å²) < 4.78 is 0. The van der Waals surface area contributed by atoms with E-state index in [4.69, 9.17) is 5.84 Å². The van der Waals surface area contributed by atoms with Crippen LogP contribution in [-0.2, 0) is 6.42 Å². The molecule has 1 heterocycles. The minimum absolute atomic E-state index is 0.0479. The number of rotatable bonds is 4. The molecule has 0 aliphatic rings.